The lowest BCUT2D eigenvalue weighted by Gasteiger charge is -2.24. The molecule has 2 N–H and O–H groups in total. The summed E-state index contributed by atoms with van der Waals surface area (Å²) in [6.07, 6.45) is 3.84. The normalized spacial score (nSPS) is 12.4. The van der Waals surface area contributed by atoms with Crippen LogP contribution in [0.1, 0.15) is 45.0 Å². The molecule has 0 unspecified atom stereocenters. The topological polar surface area (TPSA) is 71.4 Å². The molecule has 0 radical (unpaired) electrons. The molecule has 0 saturated carbocycles. The highest BCUT2D eigenvalue weighted by Gasteiger charge is 2.24. The predicted octanol–water partition coefficient (Wildman–Crippen LogP) is 2.76. The maximum absolute atomic E-state index is 4.30. The van der Waals surface area contributed by atoms with Gasteiger partial charge in [-0.3, -0.25) is 5.10 Å². The van der Waals surface area contributed by atoms with Gasteiger partial charge in [-0.15, -0.1) is 5.10 Å². The van der Waals surface area contributed by atoms with E-state index in [4.69, 9.17) is 0 Å². The quantitative estimate of drug-likeness (QED) is 0.760. The summed E-state index contributed by atoms with van der Waals surface area (Å²) in [7, 11) is 0. The first-order valence-corrected chi connectivity index (χ1v) is 7.55. The molecule has 0 saturated heterocycles. The van der Waals surface area contributed by atoms with E-state index in [0.717, 1.165) is 23.1 Å². The zero-order chi connectivity index (χ0) is 15.7. The van der Waals surface area contributed by atoms with Gasteiger partial charge in [-0.2, -0.15) is 5.10 Å². The average Bonchev–Trinajstić information content (AvgIpc) is 3.13. The molecule has 0 aliphatic carbocycles. The van der Waals surface area contributed by atoms with Crippen LogP contribution in [0, 0.1) is 0 Å². The molecule has 3 aromatic rings. The van der Waals surface area contributed by atoms with Crippen LogP contribution in [0.4, 0.5) is 0 Å². The third kappa shape index (κ3) is 2.87. The summed E-state index contributed by atoms with van der Waals surface area (Å²) in [5.41, 5.74) is 2.98. The molecule has 1 aromatic carbocycles. The van der Waals surface area contributed by atoms with Gasteiger partial charge in [-0.1, -0.05) is 17.3 Å². The van der Waals surface area contributed by atoms with E-state index < -0.39 is 0 Å². The minimum Gasteiger partial charge on any atom is -0.302 e. The lowest BCUT2D eigenvalue weighted by Crippen LogP contribution is -2.36. The number of aromatic amines is 1. The van der Waals surface area contributed by atoms with E-state index in [9.17, 15) is 0 Å². The molecule has 0 amide bonds. The fourth-order valence-electron chi connectivity index (χ4n) is 2.32. The standard InChI is InChI=1S/C16H22N6/c1-11(2)22-10-15(20-21-22)16(3,4)17-8-12-5-6-13-9-18-19-14(13)7-12/h5-7,9-11,17H,8H2,1-4H3,(H,18,19). The third-order valence-corrected chi connectivity index (χ3v) is 3.92. The highest BCUT2D eigenvalue weighted by atomic mass is 15.4. The van der Waals surface area contributed by atoms with Crippen molar-refractivity contribution in [3.8, 4) is 0 Å². The van der Waals surface area contributed by atoms with Crippen molar-refractivity contribution in [1.29, 1.82) is 0 Å². The van der Waals surface area contributed by atoms with Gasteiger partial charge in [0.15, 0.2) is 0 Å². The zero-order valence-electron chi connectivity index (χ0n) is 13.5. The molecule has 0 aliphatic heterocycles. The minimum atomic E-state index is -0.240. The highest BCUT2D eigenvalue weighted by Crippen LogP contribution is 2.20. The lowest BCUT2D eigenvalue weighted by molar-refractivity contribution is 0.390. The van der Waals surface area contributed by atoms with E-state index in [1.807, 2.05) is 17.1 Å². The number of hydrogen-bond donors (Lipinski definition) is 2. The van der Waals surface area contributed by atoms with Gasteiger partial charge >= 0.3 is 0 Å². The minimum absolute atomic E-state index is 0.240. The van der Waals surface area contributed by atoms with E-state index >= 15 is 0 Å². The van der Waals surface area contributed by atoms with Gasteiger partial charge in [0, 0.05) is 18.0 Å². The molecule has 2 heterocycles. The number of nitrogens with zero attached hydrogens (tertiary/aromatic N) is 4. The molecule has 0 atom stereocenters. The molecule has 116 valence electrons. The Morgan fingerprint density at radius 2 is 2.14 bits per heavy atom. The lowest BCUT2D eigenvalue weighted by atomic mass is 10.0. The zero-order valence-corrected chi connectivity index (χ0v) is 13.5. The Hall–Kier alpha value is -2.21. The second kappa shape index (κ2) is 5.53. The Kier molecular flexibility index (Phi) is 3.70. The smallest absolute Gasteiger partial charge is 0.102 e. The van der Waals surface area contributed by atoms with Crippen molar-refractivity contribution in [3.63, 3.8) is 0 Å². The monoisotopic (exact) mass is 298 g/mol. The number of nitrogens with one attached hydrogen (secondary N) is 2. The summed E-state index contributed by atoms with van der Waals surface area (Å²) >= 11 is 0. The van der Waals surface area contributed by atoms with Crippen LogP contribution >= 0.6 is 0 Å². The molecule has 2 aromatic heterocycles. The molecule has 0 fully saturated rings. The van der Waals surface area contributed by atoms with Crippen molar-refractivity contribution in [2.75, 3.05) is 0 Å². The number of rotatable bonds is 5. The van der Waals surface area contributed by atoms with Gasteiger partial charge in [0.05, 0.1) is 23.4 Å². The van der Waals surface area contributed by atoms with Crippen LogP contribution in [0.2, 0.25) is 0 Å². The summed E-state index contributed by atoms with van der Waals surface area (Å²) in [4.78, 5) is 0. The van der Waals surface area contributed by atoms with Crippen molar-refractivity contribution < 1.29 is 0 Å². The van der Waals surface area contributed by atoms with Crippen LogP contribution in [0.15, 0.2) is 30.6 Å². The third-order valence-electron chi connectivity index (χ3n) is 3.92. The van der Waals surface area contributed by atoms with Crippen LogP contribution < -0.4 is 5.32 Å². The first-order chi connectivity index (χ1) is 10.5. The Bertz CT molecular complexity index is 768. The van der Waals surface area contributed by atoms with Gasteiger partial charge in [0.1, 0.15) is 5.69 Å². The fourth-order valence-corrected chi connectivity index (χ4v) is 2.32. The van der Waals surface area contributed by atoms with Gasteiger partial charge in [-0.25, -0.2) is 4.68 Å². The molecule has 0 spiro atoms. The maximum Gasteiger partial charge on any atom is 0.102 e. The van der Waals surface area contributed by atoms with Gasteiger partial charge in [0.2, 0.25) is 0 Å². The number of hydrogen-bond acceptors (Lipinski definition) is 4. The second-order valence-corrected chi connectivity index (χ2v) is 6.45. The predicted molar refractivity (Wildman–Crippen MR) is 86.4 cm³/mol. The molecular formula is C16H22N6. The molecule has 6 nitrogen and oxygen atoms in total. The number of fused-ring (bicyclic) bond motifs is 1. The fraction of sp³-hybridized carbons (Fsp3) is 0.438. The summed E-state index contributed by atoms with van der Waals surface area (Å²) in [5.74, 6) is 0. The average molecular weight is 298 g/mol. The van der Waals surface area contributed by atoms with Crippen molar-refractivity contribution in [2.45, 2.75) is 45.8 Å². The van der Waals surface area contributed by atoms with Crippen LogP contribution in [0.3, 0.4) is 0 Å². The maximum atomic E-state index is 4.30. The van der Waals surface area contributed by atoms with Crippen LogP contribution in [-0.2, 0) is 12.1 Å². The summed E-state index contributed by atoms with van der Waals surface area (Å²) in [5, 5.41) is 20.2. The molecule has 0 aliphatic rings. The Morgan fingerprint density at radius 3 is 2.86 bits per heavy atom. The summed E-state index contributed by atoms with van der Waals surface area (Å²) in [6, 6.07) is 6.64. The van der Waals surface area contributed by atoms with Gasteiger partial charge in [0.25, 0.3) is 0 Å². The first-order valence-electron chi connectivity index (χ1n) is 7.55. The van der Waals surface area contributed by atoms with Crippen molar-refractivity contribution in [2.24, 2.45) is 0 Å². The van der Waals surface area contributed by atoms with E-state index in [2.05, 4.69) is 71.7 Å². The highest BCUT2D eigenvalue weighted by molar-refractivity contribution is 5.78. The second-order valence-electron chi connectivity index (χ2n) is 6.45. The van der Waals surface area contributed by atoms with E-state index in [0.29, 0.717) is 6.04 Å². The number of aromatic nitrogens is 5. The van der Waals surface area contributed by atoms with Crippen LogP contribution in [-0.4, -0.2) is 25.2 Å². The summed E-state index contributed by atoms with van der Waals surface area (Å²) < 4.78 is 1.88. The summed E-state index contributed by atoms with van der Waals surface area (Å²) in [6.45, 7) is 9.19. The first kappa shape index (κ1) is 14.7. The van der Waals surface area contributed by atoms with Crippen LogP contribution in [0.25, 0.3) is 10.9 Å². The van der Waals surface area contributed by atoms with E-state index in [1.165, 1.54) is 5.56 Å². The van der Waals surface area contributed by atoms with Crippen molar-refractivity contribution >= 4 is 10.9 Å². The number of benzene rings is 1. The van der Waals surface area contributed by atoms with Gasteiger partial charge < -0.3 is 5.32 Å². The largest absolute Gasteiger partial charge is 0.302 e. The Labute approximate surface area is 129 Å². The number of H-pyrrole nitrogens is 1. The van der Waals surface area contributed by atoms with Gasteiger partial charge in [-0.05, 0) is 39.3 Å². The van der Waals surface area contributed by atoms with E-state index in [1.54, 1.807) is 0 Å². The molecule has 6 heteroatoms. The molecule has 3 rings (SSSR count). The SMILES string of the molecule is CC(C)n1cc(C(C)(C)NCc2ccc3cn[nH]c3c2)nn1. The molecule has 0 bridgehead atoms. The van der Waals surface area contributed by atoms with Crippen LogP contribution in [0.5, 0.6) is 0 Å². The Morgan fingerprint density at radius 1 is 1.32 bits per heavy atom. The Balaban J connectivity index is 1.72. The van der Waals surface area contributed by atoms with Crippen molar-refractivity contribution in [1.82, 2.24) is 30.5 Å². The van der Waals surface area contributed by atoms with Crippen molar-refractivity contribution in [3.05, 3.63) is 41.9 Å². The molecular weight excluding hydrogens is 276 g/mol. The molecule has 22 heavy (non-hydrogen) atoms. The van der Waals surface area contributed by atoms with E-state index in [-0.39, 0.29) is 5.54 Å².